The van der Waals surface area contributed by atoms with Gasteiger partial charge in [-0.2, -0.15) is 0 Å². The zero-order valence-corrected chi connectivity index (χ0v) is 21.2. The first-order valence-electron chi connectivity index (χ1n) is 12.0. The predicted octanol–water partition coefficient (Wildman–Crippen LogP) is 2.16. The van der Waals surface area contributed by atoms with Gasteiger partial charge in [-0.3, -0.25) is 14.5 Å². The van der Waals surface area contributed by atoms with Crippen molar-refractivity contribution in [1.29, 1.82) is 0 Å². The van der Waals surface area contributed by atoms with E-state index in [4.69, 9.17) is 9.47 Å². The molecule has 0 unspecified atom stereocenters. The van der Waals surface area contributed by atoms with Crippen LogP contribution in [-0.2, 0) is 16.1 Å². The summed E-state index contributed by atoms with van der Waals surface area (Å²) in [7, 11) is 1.60. The summed E-state index contributed by atoms with van der Waals surface area (Å²) in [5.74, 6) is 1.20. The zero-order chi connectivity index (χ0) is 25.8. The average Bonchev–Trinajstić information content (AvgIpc) is 2.90. The van der Waals surface area contributed by atoms with E-state index in [1.807, 2.05) is 35.2 Å². The van der Waals surface area contributed by atoms with Crippen molar-refractivity contribution in [2.45, 2.75) is 36.4 Å². The van der Waals surface area contributed by atoms with Crippen LogP contribution in [0, 0.1) is 0 Å². The molecule has 2 aliphatic heterocycles. The van der Waals surface area contributed by atoms with Crippen LogP contribution in [0.3, 0.4) is 0 Å². The Morgan fingerprint density at radius 2 is 2.16 bits per heavy atom. The summed E-state index contributed by atoms with van der Waals surface area (Å²) >= 11 is 1.48. The van der Waals surface area contributed by atoms with E-state index in [9.17, 15) is 14.7 Å². The number of anilines is 1. The van der Waals surface area contributed by atoms with Gasteiger partial charge in [0.15, 0.2) is 0 Å². The number of hydrogen-bond acceptors (Lipinski definition) is 10. The topological polar surface area (TPSA) is 139 Å². The molecule has 0 radical (unpaired) electrons. The van der Waals surface area contributed by atoms with Crippen LogP contribution in [0.4, 0.5) is 5.82 Å². The Kier molecular flexibility index (Phi) is 7.68. The minimum absolute atomic E-state index is 0.0472. The lowest BCUT2D eigenvalue weighted by atomic mass is 9.98. The number of pyridine rings is 1. The van der Waals surface area contributed by atoms with Crippen molar-refractivity contribution in [3.8, 4) is 11.6 Å². The summed E-state index contributed by atoms with van der Waals surface area (Å²) in [6.07, 6.45) is 3.08. The number of nitrogens with zero attached hydrogens (tertiary/aromatic N) is 4. The van der Waals surface area contributed by atoms with Crippen molar-refractivity contribution in [2.24, 2.45) is 0 Å². The van der Waals surface area contributed by atoms with E-state index in [-0.39, 0.29) is 24.5 Å². The molecule has 3 N–H and O–H groups in total. The molecule has 1 fully saturated rings. The molecule has 0 aliphatic carbocycles. The molecule has 3 aromatic rings. The average molecular weight is 525 g/mol. The maximum atomic E-state index is 11.7. The highest BCUT2D eigenvalue weighted by molar-refractivity contribution is 8.00. The van der Waals surface area contributed by atoms with Crippen LogP contribution in [-0.4, -0.2) is 81.5 Å². The van der Waals surface area contributed by atoms with E-state index in [1.54, 1.807) is 7.11 Å². The number of carbonyl (C=O) groups is 2. The van der Waals surface area contributed by atoms with E-state index < -0.39 is 5.97 Å². The van der Waals surface area contributed by atoms with Gasteiger partial charge in [0.05, 0.1) is 40.9 Å². The number of aliphatic carboxylic acids is 1. The van der Waals surface area contributed by atoms with Crippen LogP contribution in [0.1, 0.15) is 18.5 Å². The third-order valence-electron chi connectivity index (χ3n) is 6.48. The number of aromatic nitrogens is 3. The summed E-state index contributed by atoms with van der Waals surface area (Å²) < 4.78 is 11.4. The van der Waals surface area contributed by atoms with Crippen molar-refractivity contribution < 1.29 is 24.2 Å². The van der Waals surface area contributed by atoms with Gasteiger partial charge in [-0.1, -0.05) is 0 Å². The van der Waals surface area contributed by atoms with Crippen LogP contribution in [0.25, 0.3) is 10.9 Å². The molecule has 2 atom stereocenters. The number of piperidine rings is 1. The molecule has 12 heteroatoms. The van der Waals surface area contributed by atoms with Crippen molar-refractivity contribution in [3.05, 3.63) is 42.4 Å². The highest BCUT2D eigenvalue weighted by Crippen LogP contribution is 2.30. The van der Waals surface area contributed by atoms with Gasteiger partial charge in [-0.05, 0) is 43.2 Å². The first-order chi connectivity index (χ1) is 18.0. The van der Waals surface area contributed by atoms with Crippen molar-refractivity contribution >= 4 is 40.4 Å². The number of likely N-dealkylation sites (tertiary alicyclic amines) is 1. The standard InChI is InChI=1S/C25H28N6O5S/c1-35-18-5-6-20-19(8-18)25(28-14-27-20)36-12-17-4-2-16(10-31(17)11-23(33)34)26-9-15-3-7-21-24(29-15)30-22(32)13-37-21/h3,5-8,14,16-17,26H,2,4,9-13H2,1H3,(H,33,34)(H,29,30,32)/t16-,17+/m1/s1. The summed E-state index contributed by atoms with van der Waals surface area (Å²) in [6, 6.07) is 9.46. The summed E-state index contributed by atoms with van der Waals surface area (Å²) in [5.41, 5.74) is 1.57. The molecule has 1 aromatic carbocycles. The van der Waals surface area contributed by atoms with Gasteiger partial charge in [0.1, 0.15) is 24.5 Å². The van der Waals surface area contributed by atoms with Gasteiger partial charge < -0.3 is 25.2 Å². The second-order valence-corrected chi connectivity index (χ2v) is 10.0. The third kappa shape index (κ3) is 6.09. The van der Waals surface area contributed by atoms with Crippen LogP contribution in [0.5, 0.6) is 11.6 Å². The lowest BCUT2D eigenvalue weighted by Gasteiger charge is -2.38. The number of carboxylic acids is 1. The number of rotatable bonds is 9. The predicted molar refractivity (Wildman–Crippen MR) is 138 cm³/mol. The Bertz CT molecular complexity index is 1310. The number of fused-ring (bicyclic) bond motifs is 2. The summed E-state index contributed by atoms with van der Waals surface area (Å²) in [6.45, 7) is 1.32. The van der Waals surface area contributed by atoms with Crippen LogP contribution in [0.2, 0.25) is 0 Å². The molecule has 0 bridgehead atoms. The number of carbonyl (C=O) groups excluding carboxylic acids is 1. The number of hydrogen-bond donors (Lipinski definition) is 3. The Labute approximate surface area is 218 Å². The first kappa shape index (κ1) is 25.2. The van der Waals surface area contributed by atoms with E-state index in [2.05, 4.69) is 25.6 Å². The number of ether oxygens (including phenoxy) is 2. The minimum atomic E-state index is -0.882. The maximum Gasteiger partial charge on any atom is 0.317 e. The Morgan fingerprint density at radius 1 is 1.27 bits per heavy atom. The Morgan fingerprint density at radius 3 is 3.00 bits per heavy atom. The molecule has 1 saturated heterocycles. The van der Waals surface area contributed by atoms with E-state index in [0.717, 1.165) is 34.3 Å². The van der Waals surface area contributed by atoms with E-state index in [0.29, 0.717) is 42.9 Å². The molecule has 4 heterocycles. The fraction of sp³-hybridized carbons (Fsp3) is 0.400. The van der Waals surface area contributed by atoms with Gasteiger partial charge in [0.25, 0.3) is 0 Å². The molecule has 1 amide bonds. The highest BCUT2D eigenvalue weighted by atomic mass is 32.2. The summed E-state index contributed by atoms with van der Waals surface area (Å²) in [4.78, 5) is 39.3. The quantitative estimate of drug-likeness (QED) is 0.379. The number of carboxylic acid groups (broad SMARTS) is 1. The number of benzene rings is 1. The minimum Gasteiger partial charge on any atom is -0.497 e. The molecule has 0 saturated carbocycles. The largest absolute Gasteiger partial charge is 0.497 e. The Hall–Kier alpha value is -3.48. The number of methoxy groups -OCH3 is 1. The molecule has 194 valence electrons. The molecular formula is C25H28N6O5S. The van der Waals surface area contributed by atoms with Gasteiger partial charge in [0, 0.05) is 25.2 Å². The van der Waals surface area contributed by atoms with Gasteiger partial charge in [-0.15, -0.1) is 11.8 Å². The summed E-state index contributed by atoms with van der Waals surface area (Å²) in [5, 5.41) is 16.6. The first-order valence-corrected chi connectivity index (χ1v) is 13.0. The third-order valence-corrected chi connectivity index (χ3v) is 7.53. The van der Waals surface area contributed by atoms with E-state index >= 15 is 0 Å². The molecular weight excluding hydrogens is 496 g/mol. The monoisotopic (exact) mass is 524 g/mol. The van der Waals surface area contributed by atoms with Crippen molar-refractivity contribution in [3.63, 3.8) is 0 Å². The molecule has 2 aliphatic rings. The lowest BCUT2D eigenvalue weighted by Crippen LogP contribution is -2.53. The van der Waals surface area contributed by atoms with Crippen LogP contribution < -0.4 is 20.1 Å². The van der Waals surface area contributed by atoms with Crippen molar-refractivity contribution in [2.75, 3.05) is 37.9 Å². The molecule has 2 aromatic heterocycles. The van der Waals surface area contributed by atoms with E-state index in [1.165, 1.54) is 18.1 Å². The van der Waals surface area contributed by atoms with Gasteiger partial charge in [-0.25, -0.2) is 15.0 Å². The SMILES string of the molecule is COc1ccc2ncnc(OC[C@@H]3CC[C@@H](NCc4ccc5c(n4)NC(=O)CS5)CN3CC(=O)O)c2c1. The molecule has 0 spiro atoms. The number of amides is 1. The second-order valence-electron chi connectivity index (χ2n) is 8.99. The van der Waals surface area contributed by atoms with Gasteiger partial charge >= 0.3 is 5.97 Å². The number of thioether (sulfide) groups is 1. The molecule has 11 nitrogen and oxygen atoms in total. The zero-order valence-electron chi connectivity index (χ0n) is 20.3. The Balaban J connectivity index is 1.21. The smallest absolute Gasteiger partial charge is 0.317 e. The second kappa shape index (κ2) is 11.3. The lowest BCUT2D eigenvalue weighted by molar-refractivity contribution is -0.139. The van der Waals surface area contributed by atoms with Crippen LogP contribution >= 0.6 is 11.8 Å². The number of nitrogens with one attached hydrogen (secondary N) is 2. The van der Waals surface area contributed by atoms with Crippen LogP contribution in [0.15, 0.2) is 41.6 Å². The van der Waals surface area contributed by atoms with Crippen molar-refractivity contribution in [1.82, 2.24) is 25.2 Å². The van der Waals surface area contributed by atoms with Gasteiger partial charge in [0.2, 0.25) is 11.8 Å². The molecule has 5 rings (SSSR count). The molecule has 37 heavy (non-hydrogen) atoms. The fourth-order valence-electron chi connectivity index (χ4n) is 4.60. The fourth-order valence-corrected chi connectivity index (χ4v) is 5.36. The normalized spacial score (nSPS) is 19.8. The highest BCUT2D eigenvalue weighted by Gasteiger charge is 2.30. The maximum absolute atomic E-state index is 11.7.